The molecule has 0 radical (unpaired) electrons. The zero-order chi connectivity index (χ0) is 17.2. The predicted octanol–water partition coefficient (Wildman–Crippen LogP) is 3.30. The van der Waals surface area contributed by atoms with E-state index >= 15 is 0 Å². The van der Waals surface area contributed by atoms with Crippen LogP contribution in [0.1, 0.15) is 12.5 Å². The monoisotopic (exact) mass is 388 g/mol. The summed E-state index contributed by atoms with van der Waals surface area (Å²) in [6.45, 7) is 2.15. The van der Waals surface area contributed by atoms with Crippen LogP contribution in [0.3, 0.4) is 0 Å². The number of halogens is 1. The molecule has 0 aromatic heterocycles. The quantitative estimate of drug-likeness (QED) is 0.799. The highest BCUT2D eigenvalue weighted by atomic mass is 79.9. The number of benzene rings is 2. The lowest BCUT2D eigenvalue weighted by Gasteiger charge is -2.23. The van der Waals surface area contributed by atoms with E-state index in [0.717, 1.165) is 10.0 Å². The molecule has 3 amide bonds. The average molecular weight is 389 g/mol. The molecule has 2 aromatic carbocycles. The summed E-state index contributed by atoms with van der Waals surface area (Å²) in [5.74, 6) is 0.425. The van der Waals surface area contributed by atoms with E-state index < -0.39 is 11.6 Å². The van der Waals surface area contributed by atoms with E-state index in [9.17, 15) is 9.59 Å². The van der Waals surface area contributed by atoms with Crippen molar-refractivity contribution in [3.63, 3.8) is 0 Å². The molecule has 2 aromatic rings. The maximum Gasteiger partial charge on any atom is 0.325 e. The largest absolute Gasteiger partial charge is 0.492 e. The Kier molecular flexibility index (Phi) is 4.57. The van der Waals surface area contributed by atoms with E-state index in [1.165, 1.54) is 4.90 Å². The number of nitrogens with zero attached hydrogens (tertiary/aromatic N) is 1. The molecule has 0 saturated carbocycles. The summed E-state index contributed by atoms with van der Waals surface area (Å²) in [5.41, 5.74) is -0.348. The summed E-state index contributed by atoms with van der Waals surface area (Å²) < 4.78 is 6.36. The van der Waals surface area contributed by atoms with Gasteiger partial charge in [-0.05, 0) is 25.1 Å². The minimum atomic E-state index is -1.08. The molecule has 6 heteroatoms. The van der Waals surface area contributed by atoms with Crippen molar-refractivity contribution >= 4 is 27.9 Å². The number of rotatable bonds is 5. The lowest BCUT2D eigenvalue weighted by atomic mass is 9.92. The first-order chi connectivity index (χ1) is 11.5. The molecule has 1 atom stereocenters. The zero-order valence-electron chi connectivity index (χ0n) is 13.2. The second-order valence-corrected chi connectivity index (χ2v) is 6.51. The van der Waals surface area contributed by atoms with Crippen LogP contribution in [0.25, 0.3) is 0 Å². The molecule has 124 valence electrons. The summed E-state index contributed by atoms with van der Waals surface area (Å²) in [6, 6.07) is 16.3. The zero-order valence-corrected chi connectivity index (χ0v) is 14.7. The third-order valence-electron chi connectivity index (χ3n) is 4.01. The third-order valence-corrected chi connectivity index (χ3v) is 4.71. The van der Waals surface area contributed by atoms with Gasteiger partial charge in [-0.1, -0.05) is 52.3 Å². The molecule has 3 rings (SSSR count). The molecule has 0 spiro atoms. The van der Waals surface area contributed by atoms with Crippen molar-refractivity contribution in [2.45, 2.75) is 12.5 Å². The highest BCUT2D eigenvalue weighted by Crippen LogP contribution is 2.33. The van der Waals surface area contributed by atoms with E-state index in [1.807, 2.05) is 54.6 Å². The molecular weight excluding hydrogens is 372 g/mol. The first kappa shape index (κ1) is 16.5. The van der Waals surface area contributed by atoms with Crippen molar-refractivity contribution in [1.29, 1.82) is 0 Å². The van der Waals surface area contributed by atoms with E-state index in [0.29, 0.717) is 5.75 Å². The van der Waals surface area contributed by atoms with Crippen LogP contribution >= 0.6 is 15.9 Å². The van der Waals surface area contributed by atoms with Crippen LogP contribution in [0, 0.1) is 0 Å². The van der Waals surface area contributed by atoms with Crippen LogP contribution in [0.15, 0.2) is 59.1 Å². The van der Waals surface area contributed by atoms with Gasteiger partial charge < -0.3 is 10.1 Å². The molecule has 24 heavy (non-hydrogen) atoms. The first-order valence-corrected chi connectivity index (χ1v) is 8.38. The minimum absolute atomic E-state index is 0.194. The SMILES string of the molecule is C[C@]1(c2ccccc2Br)NC(=O)N(CCOc2ccccc2)C1=O. The number of nitrogens with one attached hydrogen (secondary N) is 1. The van der Waals surface area contributed by atoms with Gasteiger partial charge >= 0.3 is 6.03 Å². The van der Waals surface area contributed by atoms with E-state index in [-0.39, 0.29) is 19.1 Å². The van der Waals surface area contributed by atoms with Gasteiger partial charge in [-0.15, -0.1) is 0 Å². The Morgan fingerprint density at radius 2 is 1.75 bits per heavy atom. The van der Waals surface area contributed by atoms with Crippen LogP contribution in [0.5, 0.6) is 5.75 Å². The second-order valence-electron chi connectivity index (χ2n) is 5.65. The Hall–Kier alpha value is -2.34. The minimum Gasteiger partial charge on any atom is -0.492 e. The number of carbonyl (C=O) groups is 2. The van der Waals surface area contributed by atoms with Crippen molar-refractivity contribution in [2.24, 2.45) is 0 Å². The van der Waals surface area contributed by atoms with Gasteiger partial charge in [0.15, 0.2) is 0 Å². The normalized spacial score (nSPS) is 20.2. The molecular formula is C18H17BrN2O3. The second kappa shape index (κ2) is 6.65. The summed E-state index contributed by atoms with van der Waals surface area (Å²) in [4.78, 5) is 26.2. The molecule has 1 heterocycles. The number of urea groups is 1. The topological polar surface area (TPSA) is 58.6 Å². The Bertz CT molecular complexity index is 766. The van der Waals surface area contributed by atoms with Gasteiger partial charge in [0.05, 0.1) is 6.54 Å². The van der Waals surface area contributed by atoms with Crippen molar-refractivity contribution < 1.29 is 14.3 Å². The highest BCUT2D eigenvalue weighted by molar-refractivity contribution is 9.10. The molecule has 1 aliphatic rings. The molecule has 5 nitrogen and oxygen atoms in total. The van der Waals surface area contributed by atoms with Gasteiger partial charge in [0.2, 0.25) is 0 Å². The lowest BCUT2D eigenvalue weighted by molar-refractivity contribution is -0.131. The van der Waals surface area contributed by atoms with Crippen molar-refractivity contribution in [2.75, 3.05) is 13.2 Å². The summed E-state index contributed by atoms with van der Waals surface area (Å²) >= 11 is 3.45. The highest BCUT2D eigenvalue weighted by Gasteiger charge is 2.49. The molecule has 0 unspecified atom stereocenters. The number of carbonyl (C=O) groups excluding carboxylic acids is 2. The fraction of sp³-hybridized carbons (Fsp3) is 0.222. The first-order valence-electron chi connectivity index (χ1n) is 7.59. The van der Waals surface area contributed by atoms with E-state index in [4.69, 9.17) is 4.74 Å². The van der Waals surface area contributed by atoms with E-state index in [2.05, 4.69) is 21.2 Å². The summed E-state index contributed by atoms with van der Waals surface area (Å²) in [7, 11) is 0. The van der Waals surface area contributed by atoms with Gasteiger partial charge in [0, 0.05) is 10.0 Å². The number of hydrogen-bond donors (Lipinski definition) is 1. The Morgan fingerprint density at radius 3 is 2.46 bits per heavy atom. The smallest absolute Gasteiger partial charge is 0.325 e. The number of para-hydroxylation sites is 1. The fourth-order valence-electron chi connectivity index (χ4n) is 2.72. The van der Waals surface area contributed by atoms with Gasteiger partial charge in [-0.3, -0.25) is 9.69 Å². The van der Waals surface area contributed by atoms with Gasteiger partial charge in [-0.25, -0.2) is 4.79 Å². The number of ether oxygens (including phenoxy) is 1. The van der Waals surface area contributed by atoms with Crippen molar-refractivity contribution in [1.82, 2.24) is 10.2 Å². The number of hydrogen-bond acceptors (Lipinski definition) is 3. The lowest BCUT2D eigenvalue weighted by Crippen LogP contribution is -2.41. The summed E-state index contributed by atoms with van der Waals surface area (Å²) in [5, 5.41) is 2.79. The molecule has 1 aliphatic heterocycles. The molecule has 0 aliphatic carbocycles. The van der Waals surface area contributed by atoms with E-state index in [1.54, 1.807) is 6.92 Å². The van der Waals surface area contributed by atoms with Crippen LogP contribution in [-0.4, -0.2) is 30.0 Å². The van der Waals surface area contributed by atoms with Crippen LogP contribution in [-0.2, 0) is 10.3 Å². The van der Waals surface area contributed by atoms with Crippen LogP contribution in [0.4, 0.5) is 4.79 Å². The Balaban J connectivity index is 1.71. The number of amides is 3. The molecule has 0 bridgehead atoms. The third kappa shape index (κ3) is 3.01. The fourth-order valence-corrected chi connectivity index (χ4v) is 3.40. The molecule has 1 fully saturated rings. The van der Waals surface area contributed by atoms with Crippen molar-refractivity contribution in [3.8, 4) is 5.75 Å². The maximum absolute atomic E-state index is 12.8. The molecule has 1 saturated heterocycles. The summed E-state index contributed by atoms with van der Waals surface area (Å²) in [6.07, 6.45) is 0. The van der Waals surface area contributed by atoms with Crippen molar-refractivity contribution in [3.05, 3.63) is 64.6 Å². The standard InChI is InChI=1S/C18H17BrN2O3/c1-18(14-9-5-6-10-15(14)19)16(22)21(17(23)20-18)11-12-24-13-7-3-2-4-8-13/h2-10H,11-12H2,1H3,(H,20,23)/t18-/m1/s1. The Labute approximate surface area is 148 Å². The van der Waals surface area contributed by atoms with Crippen LogP contribution in [0.2, 0.25) is 0 Å². The van der Waals surface area contributed by atoms with Crippen LogP contribution < -0.4 is 10.1 Å². The van der Waals surface area contributed by atoms with Gasteiger partial charge in [-0.2, -0.15) is 0 Å². The average Bonchev–Trinajstić information content (AvgIpc) is 2.80. The van der Waals surface area contributed by atoms with Gasteiger partial charge in [0.25, 0.3) is 5.91 Å². The Morgan fingerprint density at radius 1 is 1.08 bits per heavy atom. The van der Waals surface area contributed by atoms with Gasteiger partial charge in [0.1, 0.15) is 17.9 Å². The maximum atomic E-state index is 12.8. The molecule has 1 N–H and O–H groups in total. The predicted molar refractivity (Wildman–Crippen MR) is 93.7 cm³/mol. The number of imide groups is 1.